The van der Waals surface area contributed by atoms with E-state index in [0.717, 1.165) is 0 Å². The molecule has 6 aromatic heterocycles. The summed E-state index contributed by atoms with van der Waals surface area (Å²) in [5, 5.41) is 5.50. The third-order valence-corrected chi connectivity index (χ3v) is 15.2. The minimum atomic E-state index is 1.31. The average molecular weight is 643 g/mol. The molecule has 10 rings (SSSR count). The molecule has 0 fully saturated rings. The van der Waals surface area contributed by atoms with Gasteiger partial charge in [-0.05, 0) is 70.4 Å². The Morgan fingerprint density at radius 2 is 0.762 bits per heavy atom. The minimum Gasteiger partial charge on any atom is -0.134 e. The molecule has 0 saturated heterocycles. The van der Waals surface area contributed by atoms with Gasteiger partial charge in [-0.15, -0.1) is 68.0 Å². The smallest absolute Gasteiger partial charge is 0.0536 e. The molecule has 42 heavy (non-hydrogen) atoms. The maximum atomic E-state index is 2.43. The van der Waals surface area contributed by atoms with Crippen LogP contribution in [0.3, 0.4) is 0 Å². The number of hydrogen-bond donors (Lipinski definition) is 0. The SMILES string of the molecule is c1ccc(-c2cc3sc4cc5cc(-c6cc7cc8sc9cc(-c%10ccccc%10)sc9c8cc7s6)sc5cc4c3s2)cc1. The second kappa shape index (κ2) is 9.07. The first-order chi connectivity index (χ1) is 20.7. The summed E-state index contributed by atoms with van der Waals surface area (Å²) in [6.45, 7) is 0. The summed E-state index contributed by atoms with van der Waals surface area (Å²) in [6.07, 6.45) is 0. The van der Waals surface area contributed by atoms with E-state index in [0.29, 0.717) is 0 Å². The van der Waals surface area contributed by atoms with Crippen LogP contribution in [0, 0.1) is 0 Å². The molecule has 0 radical (unpaired) electrons. The van der Waals surface area contributed by atoms with Crippen LogP contribution < -0.4 is 0 Å². The number of rotatable bonds is 3. The zero-order chi connectivity index (χ0) is 27.4. The Morgan fingerprint density at radius 1 is 0.310 bits per heavy atom. The molecule has 0 bridgehead atoms. The summed E-state index contributed by atoms with van der Waals surface area (Å²) < 4.78 is 11.2. The fraction of sp³-hybridized carbons (Fsp3) is 0. The van der Waals surface area contributed by atoms with Gasteiger partial charge in [0.05, 0.1) is 9.40 Å². The Bertz CT molecular complexity index is 2430. The first-order valence-electron chi connectivity index (χ1n) is 13.6. The van der Waals surface area contributed by atoms with Gasteiger partial charge in [0.15, 0.2) is 0 Å². The topological polar surface area (TPSA) is 0 Å². The largest absolute Gasteiger partial charge is 0.134 e. The van der Waals surface area contributed by atoms with E-state index in [9.17, 15) is 0 Å². The van der Waals surface area contributed by atoms with Gasteiger partial charge in [-0.3, -0.25) is 0 Å². The molecule has 0 saturated carbocycles. The van der Waals surface area contributed by atoms with E-state index in [2.05, 4.69) is 109 Å². The van der Waals surface area contributed by atoms with E-state index in [-0.39, 0.29) is 0 Å². The van der Waals surface area contributed by atoms with Crippen molar-refractivity contribution in [3.63, 3.8) is 0 Å². The Kier molecular flexibility index (Phi) is 5.21. The monoisotopic (exact) mass is 642 g/mol. The first-order valence-corrected chi connectivity index (χ1v) is 18.5. The van der Waals surface area contributed by atoms with E-state index in [4.69, 9.17) is 0 Å². The van der Waals surface area contributed by atoms with Gasteiger partial charge < -0.3 is 0 Å². The van der Waals surface area contributed by atoms with Crippen molar-refractivity contribution < 1.29 is 0 Å². The molecular weight excluding hydrogens is 625 g/mol. The minimum absolute atomic E-state index is 1.31. The fourth-order valence-electron chi connectivity index (χ4n) is 5.90. The summed E-state index contributed by atoms with van der Waals surface area (Å²) in [5.41, 5.74) is 2.61. The van der Waals surface area contributed by atoms with E-state index in [1.165, 1.54) is 89.8 Å². The van der Waals surface area contributed by atoms with Crippen LogP contribution in [0.1, 0.15) is 0 Å². The zero-order valence-corrected chi connectivity index (χ0v) is 26.7. The quantitative estimate of drug-likeness (QED) is 0.180. The predicted molar refractivity (Wildman–Crippen MR) is 195 cm³/mol. The van der Waals surface area contributed by atoms with Crippen molar-refractivity contribution in [2.24, 2.45) is 0 Å². The number of fused-ring (bicyclic) bond motifs is 8. The summed E-state index contributed by atoms with van der Waals surface area (Å²) in [7, 11) is 0. The highest BCUT2D eigenvalue weighted by Gasteiger charge is 2.16. The molecular formula is C36H18S6. The molecule has 0 atom stereocenters. The molecule has 0 unspecified atom stereocenters. The lowest BCUT2D eigenvalue weighted by atomic mass is 10.2. The van der Waals surface area contributed by atoms with Gasteiger partial charge in [0.2, 0.25) is 0 Å². The highest BCUT2D eigenvalue weighted by molar-refractivity contribution is 7.35. The van der Waals surface area contributed by atoms with Crippen molar-refractivity contribution in [1.29, 1.82) is 0 Å². The van der Waals surface area contributed by atoms with Crippen LogP contribution in [0.15, 0.2) is 109 Å². The molecule has 6 heteroatoms. The lowest BCUT2D eigenvalue weighted by molar-refractivity contribution is 1.70. The van der Waals surface area contributed by atoms with Crippen LogP contribution in [0.4, 0.5) is 0 Å². The van der Waals surface area contributed by atoms with Gasteiger partial charge in [0.1, 0.15) is 0 Å². The molecule has 10 aromatic rings. The summed E-state index contributed by atoms with van der Waals surface area (Å²) in [4.78, 5) is 5.44. The van der Waals surface area contributed by atoms with Crippen LogP contribution in [0.5, 0.6) is 0 Å². The molecule has 4 aromatic carbocycles. The standard InChI is InChI=1S/C36H18S6/c1-3-7-19(8-4-1)27-17-33-35(41-27)23-15-25-21(11-29(23)39-33)13-31(37-25)32-14-22-12-30-24(16-26(22)38-32)36-34(40-30)18-28(42-36)20-9-5-2-6-10-20/h1-18H. The van der Waals surface area contributed by atoms with Gasteiger partial charge in [-0.1, -0.05) is 60.7 Å². The molecule has 0 aliphatic carbocycles. The van der Waals surface area contributed by atoms with Crippen LogP contribution in [-0.4, -0.2) is 0 Å². The van der Waals surface area contributed by atoms with E-state index >= 15 is 0 Å². The van der Waals surface area contributed by atoms with Crippen LogP contribution in [0.2, 0.25) is 0 Å². The zero-order valence-electron chi connectivity index (χ0n) is 21.8. The van der Waals surface area contributed by atoms with Crippen molar-refractivity contribution in [2.45, 2.75) is 0 Å². The number of benzene rings is 4. The maximum Gasteiger partial charge on any atom is 0.0536 e. The number of hydrogen-bond acceptors (Lipinski definition) is 6. The van der Waals surface area contributed by atoms with Crippen molar-refractivity contribution in [2.75, 3.05) is 0 Å². The summed E-state index contributed by atoms with van der Waals surface area (Å²) >= 11 is 11.6. The van der Waals surface area contributed by atoms with Gasteiger partial charge in [0.25, 0.3) is 0 Å². The highest BCUT2D eigenvalue weighted by atomic mass is 32.1. The Balaban J connectivity index is 1.06. The van der Waals surface area contributed by atoms with Crippen molar-refractivity contribution in [3.8, 4) is 30.6 Å². The number of thiophene rings is 6. The molecule has 0 amide bonds. The van der Waals surface area contributed by atoms with Crippen molar-refractivity contribution in [3.05, 3.63) is 109 Å². The second-order valence-electron chi connectivity index (χ2n) is 10.5. The lowest BCUT2D eigenvalue weighted by Gasteiger charge is -1.95. The maximum absolute atomic E-state index is 2.43. The van der Waals surface area contributed by atoms with E-state index in [1.54, 1.807) is 0 Å². The third-order valence-electron chi connectivity index (χ3n) is 7.92. The average Bonchev–Trinajstić information content (AvgIpc) is 3.85. The molecule has 198 valence electrons. The normalized spacial score (nSPS) is 12.3. The van der Waals surface area contributed by atoms with Crippen LogP contribution >= 0.6 is 68.0 Å². The van der Waals surface area contributed by atoms with Crippen LogP contribution in [0.25, 0.3) is 89.8 Å². The molecule has 6 heterocycles. The molecule has 0 N–H and O–H groups in total. The summed E-state index contributed by atoms with van der Waals surface area (Å²) in [6, 6.07) is 40.7. The lowest BCUT2D eigenvalue weighted by Crippen LogP contribution is -1.68. The highest BCUT2D eigenvalue weighted by Crippen LogP contribution is 2.49. The van der Waals surface area contributed by atoms with Gasteiger partial charge in [-0.2, -0.15) is 0 Å². The van der Waals surface area contributed by atoms with Gasteiger partial charge >= 0.3 is 0 Å². The molecule has 0 nitrogen and oxygen atoms in total. The van der Waals surface area contributed by atoms with E-state index < -0.39 is 0 Å². The van der Waals surface area contributed by atoms with Gasteiger partial charge in [0, 0.05) is 58.5 Å². The first kappa shape index (κ1) is 24.1. The molecule has 0 aliphatic heterocycles. The van der Waals surface area contributed by atoms with Crippen LogP contribution in [-0.2, 0) is 0 Å². The molecule has 0 spiro atoms. The predicted octanol–water partition coefficient (Wildman–Crippen LogP) is 14.0. The van der Waals surface area contributed by atoms with Crippen molar-refractivity contribution >= 4 is 127 Å². The van der Waals surface area contributed by atoms with E-state index in [1.807, 2.05) is 68.0 Å². The van der Waals surface area contributed by atoms with Crippen molar-refractivity contribution in [1.82, 2.24) is 0 Å². The summed E-state index contributed by atoms with van der Waals surface area (Å²) in [5.74, 6) is 0. The fourth-order valence-corrected chi connectivity index (χ4v) is 13.2. The third kappa shape index (κ3) is 3.67. The van der Waals surface area contributed by atoms with Gasteiger partial charge in [-0.25, -0.2) is 0 Å². The Hall–Kier alpha value is -3.36. The second-order valence-corrected chi connectivity index (χ2v) is 17.0. The Morgan fingerprint density at radius 3 is 1.21 bits per heavy atom. The molecule has 0 aliphatic rings. The Labute approximate surface area is 265 Å².